The van der Waals surface area contributed by atoms with E-state index in [2.05, 4.69) is 26.7 Å². The van der Waals surface area contributed by atoms with Gasteiger partial charge in [-0.15, -0.1) is 0 Å². The molecule has 142 valence electrons. The van der Waals surface area contributed by atoms with Crippen LogP contribution < -0.4 is 20.1 Å². The van der Waals surface area contributed by atoms with Crippen molar-refractivity contribution in [1.29, 1.82) is 5.26 Å². The molecule has 0 bridgehead atoms. The van der Waals surface area contributed by atoms with Gasteiger partial charge in [-0.2, -0.15) is 10.2 Å². The Labute approximate surface area is 164 Å². The van der Waals surface area contributed by atoms with Crippen molar-refractivity contribution in [2.75, 3.05) is 30.9 Å². The van der Waals surface area contributed by atoms with Crippen LogP contribution in [0.2, 0.25) is 0 Å². The highest BCUT2D eigenvalue weighted by molar-refractivity contribution is 5.58. The molecule has 0 radical (unpaired) electrons. The van der Waals surface area contributed by atoms with Gasteiger partial charge in [-0.05, 0) is 55.5 Å². The highest BCUT2D eigenvalue weighted by atomic mass is 16.5. The first-order valence-corrected chi connectivity index (χ1v) is 8.80. The molecule has 3 rings (SSSR count). The number of nitrogens with one attached hydrogen (secondary N) is 2. The molecule has 1 aromatic heterocycles. The van der Waals surface area contributed by atoms with E-state index in [0.29, 0.717) is 30.5 Å². The van der Waals surface area contributed by atoms with Gasteiger partial charge in [-0.1, -0.05) is 0 Å². The Balaban J connectivity index is 1.54. The van der Waals surface area contributed by atoms with Gasteiger partial charge in [0.1, 0.15) is 23.9 Å². The smallest absolute Gasteiger partial charge is 0.224 e. The number of rotatable bonds is 8. The lowest BCUT2D eigenvalue weighted by molar-refractivity contribution is 0.331. The predicted octanol–water partition coefficient (Wildman–Crippen LogP) is 3.90. The fourth-order valence-electron chi connectivity index (χ4n) is 2.49. The summed E-state index contributed by atoms with van der Waals surface area (Å²) >= 11 is 0. The molecule has 0 aliphatic heterocycles. The van der Waals surface area contributed by atoms with Gasteiger partial charge in [0.15, 0.2) is 0 Å². The van der Waals surface area contributed by atoms with Crippen LogP contribution in [0.25, 0.3) is 0 Å². The van der Waals surface area contributed by atoms with Crippen LogP contribution in [0.5, 0.6) is 11.5 Å². The Hall–Kier alpha value is -3.79. The third kappa shape index (κ3) is 5.35. The van der Waals surface area contributed by atoms with E-state index in [0.717, 1.165) is 22.9 Å². The average Bonchev–Trinajstić information content (AvgIpc) is 2.72. The first kappa shape index (κ1) is 19.0. The molecule has 28 heavy (non-hydrogen) atoms. The maximum Gasteiger partial charge on any atom is 0.224 e. The predicted molar refractivity (Wildman–Crippen MR) is 108 cm³/mol. The van der Waals surface area contributed by atoms with Crippen LogP contribution in [-0.4, -0.2) is 30.2 Å². The number of hydrogen-bond donors (Lipinski definition) is 2. The van der Waals surface area contributed by atoms with Crippen LogP contribution in [0, 0.1) is 18.3 Å². The Morgan fingerprint density at radius 2 is 1.71 bits per heavy atom. The zero-order chi connectivity index (χ0) is 19.8. The number of methoxy groups -OCH3 is 1. The summed E-state index contributed by atoms with van der Waals surface area (Å²) in [5, 5.41) is 15.3. The summed E-state index contributed by atoms with van der Waals surface area (Å²) < 4.78 is 10.8. The molecular weight excluding hydrogens is 354 g/mol. The molecule has 0 fully saturated rings. The van der Waals surface area contributed by atoms with Crippen LogP contribution in [0.15, 0.2) is 54.6 Å². The average molecular weight is 375 g/mol. The largest absolute Gasteiger partial charge is 0.497 e. The summed E-state index contributed by atoms with van der Waals surface area (Å²) in [5.41, 5.74) is 2.30. The van der Waals surface area contributed by atoms with Crippen molar-refractivity contribution in [3.05, 3.63) is 65.9 Å². The standard InChI is InChI=1S/C21H21N5O2/c1-15-13-20(25-17-5-3-16(14-22)4-6-17)26-21(24-15)23-11-12-28-19-9-7-18(27-2)8-10-19/h3-10,13H,11-12H2,1-2H3,(H2,23,24,25,26). The number of ether oxygens (including phenoxy) is 2. The second kappa shape index (κ2) is 9.24. The van der Waals surface area contributed by atoms with Crippen molar-refractivity contribution in [1.82, 2.24) is 9.97 Å². The van der Waals surface area contributed by atoms with Crippen LogP contribution in [0.4, 0.5) is 17.5 Å². The highest BCUT2D eigenvalue weighted by Gasteiger charge is 2.03. The summed E-state index contributed by atoms with van der Waals surface area (Å²) in [7, 11) is 1.63. The van der Waals surface area contributed by atoms with E-state index >= 15 is 0 Å². The highest BCUT2D eigenvalue weighted by Crippen LogP contribution is 2.18. The van der Waals surface area contributed by atoms with Crippen molar-refractivity contribution in [3.8, 4) is 17.6 Å². The van der Waals surface area contributed by atoms with Gasteiger partial charge < -0.3 is 20.1 Å². The molecule has 2 aromatic carbocycles. The maximum absolute atomic E-state index is 8.87. The van der Waals surface area contributed by atoms with Gasteiger partial charge in [0.05, 0.1) is 25.3 Å². The molecule has 0 saturated heterocycles. The van der Waals surface area contributed by atoms with Crippen LogP contribution >= 0.6 is 0 Å². The number of aryl methyl sites for hydroxylation is 1. The number of benzene rings is 2. The van der Waals surface area contributed by atoms with Gasteiger partial charge >= 0.3 is 0 Å². The van der Waals surface area contributed by atoms with E-state index in [1.807, 2.05) is 49.4 Å². The lowest BCUT2D eigenvalue weighted by atomic mass is 10.2. The number of aromatic nitrogens is 2. The topological polar surface area (TPSA) is 92.1 Å². The lowest BCUT2D eigenvalue weighted by Gasteiger charge is -2.11. The molecule has 7 nitrogen and oxygen atoms in total. The van der Waals surface area contributed by atoms with Crippen molar-refractivity contribution in [2.45, 2.75) is 6.92 Å². The zero-order valence-corrected chi connectivity index (χ0v) is 15.8. The van der Waals surface area contributed by atoms with E-state index < -0.39 is 0 Å². The van der Waals surface area contributed by atoms with Crippen LogP contribution in [0.3, 0.4) is 0 Å². The minimum absolute atomic E-state index is 0.474. The number of nitrogens with zero attached hydrogens (tertiary/aromatic N) is 3. The fourth-order valence-corrected chi connectivity index (χ4v) is 2.49. The second-order valence-electron chi connectivity index (χ2n) is 5.98. The second-order valence-corrected chi connectivity index (χ2v) is 5.98. The van der Waals surface area contributed by atoms with Crippen LogP contribution in [-0.2, 0) is 0 Å². The van der Waals surface area contributed by atoms with E-state index in [-0.39, 0.29) is 0 Å². The molecule has 1 heterocycles. The third-order valence-corrected chi connectivity index (χ3v) is 3.85. The molecule has 0 aliphatic carbocycles. The van der Waals surface area contributed by atoms with Crippen LogP contribution in [0.1, 0.15) is 11.3 Å². The maximum atomic E-state index is 8.87. The van der Waals surface area contributed by atoms with Gasteiger partial charge in [-0.25, -0.2) is 4.98 Å². The summed E-state index contributed by atoms with van der Waals surface area (Å²) in [6, 6.07) is 18.6. The van der Waals surface area contributed by atoms with Crippen molar-refractivity contribution >= 4 is 17.5 Å². The minimum atomic E-state index is 0.474. The Morgan fingerprint density at radius 1 is 1.00 bits per heavy atom. The van der Waals surface area contributed by atoms with Crippen molar-refractivity contribution < 1.29 is 9.47 Å². The molecule has 7 heteroatoms. The molecule has 0 saturated carbocycles. The molecule has 0 spiro atoms. The molecule has 3 aromatic rings. The fraction of sp³-hybridized carbons (Fsp3) is 0.190. The third-order valence-electron chi connectivity index (χ3n) is 3.85. The molecule has 2 N–H and O–H groups in total. The monoisotopic (exact) mass is 375 g/mol. The Morgan fingerprint density at radius 3 is 2.39 bits per heavy atom. The number of hydrogen-bond acceptors (Lipinski definition) is 7. The van der Waals surface area contributed by atoms with Gasteiger partial charge in [-0.3, -0.25) is 0 Å². The molecule has 0 unspecified atom stereocenters. The number of nitriles is 1. The molecule has 0 aliphatic rings. The first-order chi connectivity index (χ1) is 13.7. The molecular formula is C21H21N5O2. The van der Waals surface area contributed by atoms with Gasteiger partial charge in [0.2, 0.25) is 5.95 Å². The zero-order valence-electron chi connectivity index (χ0n) is 15.8. The van der Waals surface area contributed by atoms with Gasteiger partial charge in [0.25, 0.3) is 0 Å². The summed E-state index contributed by atoms with van der Waals surface area (Å²) in [6.07, 6.45) is 0. The summed E-state index contributed by atoms with van der Waals surface area (Å²) in [5.74, 6) is 2.77. The summed E-state index contributed by atoms with van der Waals surface area (Å²) in [4.78, 5) is 8.86. The van der Waals surface area contributed by atoms with Crippen molar-refractivity contribution in [2.24, 2.45) is 0 Å². The quantitative estimate of drug-likeness (QED) is 0.577. The minimum Gasteiger partial charge on any atom is -0.497 e. The normalized spacial score (nSPS) is 10.0. The van der Waals surface area contributed by atoms with E-state index in [9.17, 15) is 0 Å². The van der Waals surface area contributed by atoms with Gasteiger partial charge in [0, 0.05) is 17.4 Å². The Kier molecular flexibility index (Phi) is 6.26. The number of anilines is 3. The van der Waals surface area contributed by atoms with E-state index in [1.165, 1.54) is 0 Å². The van der Waals surface area contributed by atoms with E-state index in [1.54, 1.807) is 19.2 Å². The lowest BCUT2D eigenvalue weighted by Crippen LogP contribution is -2.14. The molecule has 0 amide bonds. The summed E-state index contributed by atoms with van der Waals surface area (Å²) in [6.45, 7) is 2.94. The van der Waals surface area contributed by atoms with E-state index in [4.69, 9.17) is 14.7 Å². The van der Waals surface area contributed by atoms with Crippen molar-refractivity contribution in [3.63, 3.8) is 0 Å². The molecule has 0 atom stereocenters. The first-order valence-electron chi connectivity index (χ1n) is 8.80. The Bertz CT molecular complexity index is 950. The SMILES string of the molecule is COc1ccc(OCCNc2nc(C)cc(Nc3ccc(C#N)cc3)n2)cc1.